The van der Waals surface area contributed by atoms with Gasteiger partial charge in [0, 0.05) is 20.2 Å². The fourth-order valence-electron chi connectivity index (χ4n) is 3.57. The summed E-state index contributed by atoms with van der Waals surface area (Å²) in [4.78, 5) is 24.5. The predicted molar refractivity (Wildman–Crippen MR) is 127 cm³/mol. The number of hydrogen-bond acceptors (Lipinski definition) is 6. The van der Waals surface area contributed by atoms with Gasteiger partial charge in [-0.25, -0.2) is 17.5 Å². The van der Waals surface area contributed by atoms with Crippen LogP contribution in [0, 0.1) is 0 Å². The first-order valence-electron chi connectivity index (χ1n) is 11.0. The average Bonchev–Trinajstić information content (AvgIpc) is 2.78. The first-order chi connectivity index (χ1) is 15.7. The van der Waals surface area contributed by atoms with E-state index in [0.717, 1.165) is 36.4 Å². The lowest BCUT2D eigenvalue weighted by molar-refractivity contribution is 0.0697. The van der Waals surface area contributed by atoms with Crippen molar-refractivity contribution in [3.05, 3.63) is 46.1 Å². The molecule has 1 heterocycles. The monoisotopic (exact) mass is 475 g/mol. The molecule has 0 aliphatic rings. The lowest BCUT2D eigenvalue weighted by Gasteiger charge is -2.15. The molecule has 0 spiro atoms. The smallest absolute Gasteiger partial charge is 0.335 e. The van der Waals surface area contributed by atoms with E-state index < -0.39 is 21.4 Å². The standard InChI is InChI=1S/C24H29NO7S/c1-4-5-6-7-8-9-12-31-21-15-17(33(29,30)25(2)3)14-19-22(26)18-13-16(24(27)28)10-11-20(18)32-23(19)21/h10-11,13-15H,4-9,12H2,1-3H3,(H,27,28). The van der Waals surface area contributed by atoms with Gasteiger partial charge in [-0.3, -0.25) is 4.79 Å². The van der Waals surface area contributed by atoms with Crippen LogP contribution in [0.25, 0.3) is 21.9 Å². The molecular formula is C24H29NO7S. The van der Waals surface area contributed by atoms with Gasteiger partial charge >= 0.3 is 5.97 Å². The van der Waals surface area contributed by atoms with E-state index in [1.165, 1.54) is 50.8 Å². The number of fused-ring (bicyclic) bond motifs is 2. The first-order valence-corrected chi connectivity index (χ1v) is 12.4. The van der Waals surface area contributed by atoms with Crippen LogP contribution in [0.15, 0.2) is 44.4 Å². The number of aromatic carboxylic acids is 1. The zero-order valence-corrected chi connectivity index (χ0v) is 19.9. The maximum Gasteiger partial charge on any atom is 0.335 e. The molecule has 3 rings (SSSR count). The topological polar surface area (TPSA) is 114 Å². The minimum Gasteiger partial charge on any atom is -0.490 e. The number of unbranched alkanes of at least 4 members (excludes halogenated alkanes) is 5. The molecule has 0 amide bonds. The molecule has 0 bridgehead atoms. The van der Waals surface area contributed by atoms with E-state index in [4.69, 9.17) is 9.15 Å². The maximum atomic E-state index is 13.2. The number of carboxylic acid groups (broad SMARTS) is 1. The largest absolute Gasteiger partial charge is 0.490 e. The Morgan fingerprint density at radius 3 is 2.39 bits per heavy atom. The molecule has 8 nitrogen and oxygen atoms in total. The molecule has 0 aliphatic heterocycles. The van der Waals surface area contributed by atoms with Crippen LogP contribution in [0.5, 0.6) is 5.75 Å². The summed E-state index contributed by atoms with van der Waals surface area (Å²) >= 11 is 0. The summed E-state index contributed by atoms with van der Waals surface area (Å²) in [7, 11) is -1.05. The van der Waals surface area contributed by atoms with Crippen molar-refractivity contribution in [2.45, 2.75) is 50.3 Å². The first kappa shape index (κ1) is 24.7. The molecule has 0 unspecified atom stereocenters. The van der Waals surface area contributed by atoms with Crippen LogP contribution in [0.3, 0.4) is 0 Å². The molecule has 0 radical (unpaired) electrons. The summed E-state index contributed by atoms with van der Waals surface area (Å²) in [5.41, 5.74) is -0.246. The van der Waals surface area contributed by atoms with Gasteiger partial charge < -0.3 is 14.3 Å². The number of benzene rings is 2. The summed E-state index contributed by atoms with van der Waals surface area (Å²) in [6, 6.07) is 6.62. The molecule has 0 fully saturated rings. The van der Waals surface area contributed by atoms with Gasteiger partial charge in [0.15, 0.2) is 11.3 Å². The minimum atomic E-state index is -3.85. The highest BCUT2D eigenvalue weighted by Crippen LogP contribution is 2.32. The normalized spacial score (nSPS) is 12.0. The molecule has 9 heteroatoms. The lowest BCUT2D eigenvalue weighted by atomic mass is 10.1. The third-order valence-corrected chi connectivity index (χ3v) is 7.28. The van der Waals surface area contributed by atoms with Gasteiger partial charge in [0.1, 0.15) is 5.58 Å². The summed E-state index contributed by atoms with van der Waals surface area (Å²) < 4.78 is 38.4. The van der Waals surface area contributed by atoms with Crippen molar-refractivity contribution in [3.63, 3.8) is 0 Å². The van der Waals surface area contributed by atoms with E-state index in [0.29, 0.717) is 6.61 Å². The van der Waals surface area contributed by atoms with E-state index in [-0.39, 0.29) is 38.1 Å². The quantitative estimate of drug-likeness (QED) is 0.317. The van der Waals surface area contributed by atoms with Crippen molar-refractivity contribution in [1.82, 2.24) is 4.31 Å². The Morgan fingerprint density at radius 2 is 1.73 bits per heavy atom. The SMILES string of the molecule is CCCCCCCCOc1cc(S(=O)(=O)N(C)C)cc2c(=O)c3cc(C(=O)O)ccc3oc12. The van der Waals surface area contributed by atoms with Crippen molar-refractivity contribution in [1.29, 1.82) is 0 Å². The van der Waals surface area contributed by atoms with Gasteiger partial charge in [-0.2, -0.15) is 0 Å². The average molecular weight is 476 g/mol. The van der Waals surface area contributed by atoms with E-state index in [1.54, 1.807) is 0 Å². The van der Waals surface area contributed by atoms with E-state index in [9.17, 15) is 23.1 Å². The number of carboxylic acids is 1. The highest BCUT2D eigenvalue weighted by molar-refractivity contribution is 7.89. The van der Waals surface area contributed by atoms with Crippen LogP contribution in [0.1, 0.15) is 55.8 Å². The summed E-state index contributed by atoms with van der Waals surface area (Å²) in [6.07, 6.45) is 6.39. The molecule has 3 aromatic rings. The third kappa shape index (κ3) is 5.36. The Labute approximate surface area is 192 Å². The van der Waals surface area contributed by atoms with Crippen molar-refractivity contribution >= 4 is 37.9 Å². The van der Waals surface area contributed by atoms with Crippen LogP contribution in [0.4, 0.5) is 0 Å². The molecule has 0 saturated heterocycles. The molecular weight excluding hydrogens is 446 g/mol. The Balaban J connectivity index is 2.08. The maximum absolute atomic E-state index is 13.2. The molecule has 0 saturated carbocycles. The Morgan fingerprint density at radius 1 is 1.03 bits per heavy atom. The Kier molecular flexibility index (Phi) is 7.76. The highest BCUT2D eigenvalue weighted by atomic mass is 32.2. The van der Waals surface area contributed by atoms with E-state index >= 15 is 0 Å². The van der Waals surface area contributed by atoms with Gasteiger partial charge in [0.2, 0.25) is 15.5 Å². The predicted octanol–water partition coefficient (Wildman–Crippen LogP) is 4.63. The molecule has 1 N–H and O–H groups in total. The zero-order chi connectivity index (χ0) is 24.2. The Bertz CT molecular complexity index is 1330. The van der Waals surface area contributed by atoms with Crippen LogP contribution in [0.2, 0.25) is 0 Å². The van der Waals surface area contributed by atoms with Crippen LogP contribution in [-0.4, -0.2) is 44.5 Å². The molecule has 0 atom stereocenters. The van der Waals surface area contributed by atoms with E-state index in [1.807, 2.05) is 0 Å². The van der Waals surface area contributed by atoms with Crippen molar-refractivity contribution < 1.29 is 27.5 Å². The van der Waals surface area contributed by atoms with Crippen LogP contribution in [-0.2, 0) is 10.0 Å². The van der Waals surface area contributed by atoms with Gasteiger partial charge in [-0.05, 0) is 30.7 Å². The van der Waals surface area contributed by atoms with Gasteiger partial charge in [-0.15, -0.1) is 0 Å². The second kappa shape index (κ2) is 10.4. The third-order valence-electron chi connectivity index (χ3n) is 5.49. The molecule has 2 aromatic carbocycles. The number of sulfonamides is 1. The van der Waals surface area contributed by atoms with Crippen molar-refractivity contribution in [2.75, 3.05) is 20.7 Å². The molecule has 0 aliphatic carbocycles. The van der Waals surface area contributed by atoms with Crippen LogP contribution >= 0.6 is 0 Å². The van der Waals surface area contributed by atoms with Gasteiger partial charge in [-0.1, -0.05) is 39.0 Å². The van der Waals surface area contributed by atoms with Crippen molar-refractivity contribution in [3.8, 4) is 5.75 Å². The fraction of sp³-hybridized carbons (Fsp3) is 0.417. The fourth-order valence-corrected chi connectivity index (χ4v) is 4.51. The number of hydrogen-bond donors (Lipinski definition) is 1. The van der Waals surface area contributed by atoms with Gasteiger partial charge in [0.05, 0.1) is 27.8 Å². The molecule has 1 aromatic heterocycles. The second-order valence-electron chi connectivity index (χ2n) is 8.15. The second-order valence-corrected chi connectivity index (χ2v) is 10.3. The zero-order valence-electron chi connectivity index (χ0n) is 19.1. The summed E-state index contributed by atoms with van der Waals surface area (Å²) in [5.74, 6) is -1.01. The van der Waals surface area contributed by atoms with Gasteiger partial charge in [0.25, 0.3) is 0 Å². The summed E-state index contributed by atoms with van der Waals surface area (Å²) in [6.45, 7) is 2.51. The number of ether oxygens (including phenoxy) is 1. The molecule has 33 heavy (non-hydrogen) atoms. The lowest BCUT2D eigenvalue weighted by Crippen LogP contribution is -2.22. The van der Waals surface area contributed by atoms with E-state index in [2.05, 4.69) is 6.92 Å². The van der Waals surface area contributed by atoms with Crippen LogP contribution < -0.4 is 10.2 Å². The number of rotatable bonds is 11. The molecule has 178 valence electrons. The minimum absolute atomic E-state index is 0.0194. The Hall–Kier alpha value is -2.91. The summed E-state index contributed by atoms with van der Waals surface area (Å²) in [5, 5.41) is 9.33. The number of carbonyl (C=O) groups is 1. The highest BCUT2D eigenvalue weighted by Gasteiger charge is 2.23. The number of nitrogens with zero attached hydrogens (tertiary/aromatic N) is 1. The van der Waals surface area contributed by atoms with Crippen molar-refractivity contribution in [2.24, 2.45) is 0 Å².